The van der Waals surface area contributed by atoms with Gasteiger partial charge in [0.2, 0.25) is 0 Å². The topological polar surface area (TPSA) is 67.1 Å². The Balaban J connectivity index is 1.80. The number of alkyl halides is 3. The lowest BCUT2D eigenvalue weighted by atomic mass is 9.91. The highest BCUT2D eigenvalue weighted by Gasteiger charge is 2.31. The van der Waals surface area contributed by atoms with Gasteiger partial charge in [0.05, 0.1) is 11.1 Å². The molecule has 5 nitrogen and oxygen atoms in total. The summed E-state index contributed by atoms with van der Waals surface area (Å²) in [7, 11) is 0. The SMILES string of the molecule is C=C1C(c2ccc(CCC)c(CCC)c2)=Cc2c(NCc3cc(N)cc(C(F)(F)F)c3)nc(C)nc2N1/C=C\C. The van der Waals surface area contributed by atoms with E-state index in [9.17, 15) is 13.2 Å². The van der Waals surface area contributed by atoms with Crippen molar-refractivity contribution < 1.29 is 13.2 Å². The van der Waals surface area contributed by atoms with E-state index in [2.05, 4.69) is 48.9 Å². The number of benzene rings is 2. The smallest absolute Gasteiger partial charge is 0.399 e. The summed E-state index contributed by atoms with van der Waals surface area (Å²) in [6.07, 6.45) is 5.52. The summed E-state index contributed by atoms with van der Waals surface area (Å²) in [6, 6.07) is 10.2. The second-order valence-corrected chi connectivity index (χ2v) is 10.0. The largest absolute Gasteiger partial charge is 0.416 e. The first-order valence-electron chi connectivity index (χ1n) is 13.6. The molecule has 3 N–H and O–H groups in total. The summed E-state index contributed by atoms with van der Waals surface area (Å²) < 4.78 is 40.1. The molecule has 3 aromatic rings. The van der Waals surface area contributed by atoms with Crippen molar-refractivity contribution in [1.29, 1.82) is 0 Å². The molecule has 210 valence electrons. The molecular formula is C32H36F3N5. The first-order valence-corrected chi connectivity index (χ1v) is 13.6. The Labute approximate surface area is 234 Å². The maximum atomic E-state index is 13.4. The van der Waals surface area contributed by atoms with E-state index in [4.69, 9.17) is 10.7 Å². The van der Waals surface area contributed by atoms with Gasteiger partial charge in [-0.3, -0.25) is 0 Å². The fraction of sp³-hybridized carbons (Fsp3) is 0.312. The summed E-state index contributed by atoms with van der Waals surface area (Å²) in [5.41, 5.74) is 11.7. The minimum atomic E-state index is -4.48. The van der Waals surface area contributed by atoms with Crippen molar-refractivity contribution in [2.75, 3.05) is 16.0 Å². The van der Waals surface area contributed by atoms with E-state index in [1.54, 1.807) is 6.92 Å². The fourth-order valence-electron chi connectivity index (χ4n) is 5.04. The zero-order chi connectivity index (χ0) is 29.0. The molecule has 0 saturated carbocycles. The number of rotatable bonds is 9. The van der Waals surface area contributed by atoms with E-state index in [0.717, 1.165) is 60.2 Å². The standard InChI is InChI=1S/C32H36F3N5/c1-6-9-23-11-12-25(16-24(23)10-7-2)28-18-29-30(38-21(5)39-31(29)40(13-8-3)20(28)4)37-19-22-14-26(32(33,34)35)17-27(36)15-22/h8,11-18H,4,6-7,9-10,19,36H2,1-3,5H3,(H,37,38,39)/b13-8-. The quantitative estimate of drug-likeness (QED) is 0.264. The molecule has 4 rings (SSSR count). The molecule has 0 fully saturated rings. The first kappa shape index (κ1) is 28.9. The van der Waals surface area contributed by atoms with Gasteiger partial charge < -0.3 is 16.0 Å². The molecule has 0 aliphatic carbocycles. The predicted octanol–water partition coefficient (Wildman–Crippen LogP) is 8.31. The van der Waals surface area contributed by atoms with E-state index in [1.165, 1.54) is 17.2 Å². The molecule has 1 aromatic heterocycles. The highest BCUT2D eigenvalue weighted by molar-refractivity contribution is 6.01. The van der Waals surface area contributed by atoms with Crippen LogP contribution < -0.4 is 16.0 Å². The number of nitrogens with zero attached hydrogens (tertiary/aromatic N) is 3. The molecule has 0 spiro atoms. The van der Waals surface area contributed by atoms with Crippen LogP contribution in [0.3, 0.4) is 0 Å². The van der Waals surface area contributed by atoms with Crippen LogP contribution >= 0.6 is 0 Å². The molecule has 2 heterocycles. The maximum Gasteiger partial charge on any atom is 0.416 e. The van der Waals surface area contributed by atoms with Crippen LogP contribution in [-0.4, -0.2) is 9.97 Å². The third kappa shape index (κ3) is 6.22. The van der Waals surface area contributed by atoms with Crippen LogP contribution in [0.5, 0.6) is 0 Å². The van der Waals surface area contributed by atoms with E-state index in [0.29, 0.717) is 23.0 Å². The van der Waals surface area contributed by atoms with Gasteiger partial charge in [0, 0.05) is 29.7 Å². The van der Waals surface area contributed by atoms with Crippen LogP contribution in [0.4, 0.5) is 30.5 Å². The third-order valence-electron chi connectivity index (χ3n) is 6.81. The van der Waals surface area contributed by atoms with Gasteiger partial charge in [-0.2, -0.15) is 13.2 Å². The number of nitrogens with two attached hydrogens (primary N) is 1. The number of aryl methyl sites for hydroxylation is 3. The van der Waals surface area contributed by atoms with Crippen LogP contribution in [0, 0.1) is 6.92 Å². The number of allylic oxidation sites excluding steroid dienone is 2. The molecule has 0 radical (unpaired) electrons. The van der Waals surface area contributed by atoms with Gasteiger partial charge in [-0.1, -0.05) is 57.5 Å². The average Bonchev–Trinajstić information content (AvgIpc) is 2.89. The van der Waals surface area contributed by atoms with Crippen molar-refractivity contribution in [3.05, 3.63) is 100 Å². The summed E-state index contributed by atoms with van der Waals surface area (Å²) in [5.74, 6) is 1.70. The lowest BCUT2D eigenvalue weighted by Gasteiger charge is -2.31. The predicted molar refractivity (Wildman–Crippen MR) is 159 cm³/mol. The highest BCUT2D eigenvalue weighted by atomic mass is 19.4. The molecule has 0 saturated heterocycles. The van der Waals surface area contributed by atoms with E-state index >= 15 is 0 Å². The number of hydrogen-bond donors (Lipinski definition) is 2. The van der Waals surface area contributed by atoms with Crippen molar-refractivity contribution >= 4 is 29.0 Å². The molecule has 0 atom stereocenters. The Kier molecular flexibility index (Phi) is 8.67. The minimum Gasteiger partial charge on any atom is -0.399 e. The van der Waals surface area contributed by atoms with Crippen molar-refractivity contribution in [3.63, 3.8) is 0 Å². The Hall–Kier alpha value is -4.07. The monoisotopic (exact) mass is 547 g/mol. The summed E-state index contributed by atoms with van der Waals surface area (Å²) in [4.78, 5) is 11.3. The second kappa shape index (κ2) is 12.0. The number of anilines is 3. The fourth-order valence-corrected chi connectivity index (χ4v) is 5.04. The highest BCUT2D eigenvalue weighted by Crippen LogP contribution is 2.41. The van der Waals surface area contributed by atoms with Gasteiger partial charge in [-0.15, -0.1) is 0 Å². The van der Waals surface area contributed by atoms with Crippen LogP contribution in [0.1, 0.15) is 72.8 Å². The van der Waals surface area contributed by atoms with Crippen molar-refractivity contribution in [3.8, 4) is 0 Å². The van der Waals surface area contributed by atoms with Gasteiger partial charge in [0.15, 0.2) is 0 Å². The van der Waals surface area contributed by atoms with Crippen LogP contribution in [0.15, 0.2) is 61.0 Å². The van der Waals surface area contributed by atoms with Gasteiger partial charge in [0.1, 0.15) is 17.5 Å². The number of nitrogen functional groups attached to an aromatic ring is 1. The van der Waals surface area contributed by atoms with Gasteiger partial charge in [-0.25, -0.2) is 9.97 Å². The molecule has 2 aromatic carbocycles. The van der Waals surface area contributed by atoms with Crippen molar-refractivity contribution in [1.82, 2.24) is 9.97 Å². The summed E-state index contributed by atoms with van der Waals surface area (Å²) in [6.45, 7) is 12.6. The second-order valence-electron chi connectivity index (χ2n) is 10.0. The molecule has 0 unspecified atom stereocenters. The van der Waals surface area contributed by atoms with E-state index < -0.39 is 11.7 Å². The molecule has 0 bridgehead atoms. The van der Waals surface area contributed by atoms with Gasteiger partial charge >= 0.3 is 6.18 Å². The van der Waals surface area contributed by atoms with E-state index in [1.807, 2.05) is 30.2 Å². The number of hydrogen-bond acceptors (Lipinski definition) is 5. The summed E-state index contributed by atoms with van der Waals surface area (Å²) in [5, 5.41) is 3.24. The van der Waals surface area contributed by atoms with Crippen LogP contribution in [-0.2, 0) is 25.6 Å². The Morgan fingerprint density at radius 1 is 1.02 bits per heavy atom. The molecule has 40 heavy (non-hydrogen) atoms. The number of nitrogens with one attached hydrogen (secondary N) is 1. The maximum absolute atomic E-state index is 13.4. The summed E-state index contributed by atoms with van der Waals surface area (Å²) >= 11 is 0. The van der Waals surface area contributed by atoms with Crippen molar-refractivity contribution in [2.45, 2.75) is 66.1 Å². The number of aromatic nitrogens is 2. The molecular weight excluding hydrogens is 511 g/mol. The van der Waals surface area contributed by atoms with Gasteiger partial charge in [-0.05, 0) is 73.2 Å². The molecule has 8 heteroatoms. The molecule has 1 aliphatic heterocycles. The van der Waals surface area contributed by atoms with Crippen LogP contribution in [0.25, 0.3) is 11.6 Å². The lowest BCUT2D eigenvalue weighted by Crippen LogP contribution is -2.23. The van der Waals surface area contributed by atoms with E-state index in [-0.39, 0.29) is 12.2 Å². The lowest BCUT2D eigenvalue weighted by molar-refractivity contribution is -0.137. The van der Waals surface area contributed by atoms with Crippen LogP contribution in [0.2, 0.25) is 0 Å². The Morgan fingerprint density at radius 2 is 1.75 bits per heavy atom. The normalized spacial score (nSPS) is 13.5. The zero-order valence-corrected chi connectivity index (χ0v) is 23.5. The Morgan fingerprint density at radius 3 is 2.42 bits per heavy atom. The minimum absolute atomic E-state index is 0.0552. The Bertz CT molecular complexity index is 1470. The number of halogens is 3. The van der Waals surface area contributed by atoms with Crippen molar-refractivity contribution in [2.24, 2.45) is 0 Å². The van der Waals surface area contributed by atoms with Gasteiger partial charge in [0.25, 0.3) is 0 Å². The molecule has 1 aliphatic rings. The average molecular weight is 548 g/mol. The zero-order valence-electron chi connectivity index (χ0n) is 23.5. The number of fused-ring (bicyclic) bond motifs is 1. The third-order valence-corrected chi connectivity index (χ3v) is 6.81. The molecule has 0 amide bonds. The first-order chi connectivity index (χ1) is 19.0.